The first-order valence-electron chi connectivity index (χ1n) is 6.81. The summed E-state index contributed by atoms with van der Waals surface area (Å²) in [4.78, 5) is 2.66. The first-order valence-corrected chi connectivity index (χ1v) is 7.61. The minimum absolute atomic E-state index is 0.884. The highest BCUT2D eigenvalue weighted by atomic mass is 79.9. The van der Waals surface area contributed by atoms with Gasteiger partial charge >= 0.3 is 0 Å². The summed E-state index contributed by atoms with van der Waals surface area (Å²) in [6.07, 6.45) is 6.73. The number of hydrogen-bond acceptors (Lipinski definition) is 1. The van der Waals surface area contributed by atoms with Crippen molar-refractivity contribution in [3.63, 3.8) is 0 Å². The van der Waals surface area contributed by atoms with Gasteiger partial charge in [-0.2, -0.15) is 0 Å². The van der Waals surface area contributed by atoms with E-state index in [1.165, 1.54) is 56.2 Å². The van der Waals surface area contributed by atoms with Crippen molar-refractivity contribution in [1.29, 1.82) is 0 Å². The molecule has 2 heteroatoms. The van der Waals surface area contributed by atoms with E-state index in [2.05, 4.69) is 39.0 Å². The van der Waals surface area contributed by atoms with Gasteiger partial charge in [-0.3, -0.25) is 0 Å². The van der Waals surface area contributed by atoms with Gasteiger partial charge in [-0.05, 0) is 68.3 Å². The Balaban J connectivity index is 1.68. The molecular formula is C15H20BrN. The van der Waals surface area contributed by atoms with E-state index in [0.29, 0.717) is 0 Å². The zero-order valence-electron chi connectivity index (χ0n) is 10.3. The Morgan fingerprint density at radius 3 is 2.88 bits per heavy atom. The van der Waals surface area contributed by atoms with Gasteiger partial charge in [0.15, 0.2) is 0 Å². The van der Waals surface area contributed by atoms with E-state index < -0.39 is 0 Å². The summed E-state index contributed by atoms with van der Waals surface area (Å²) in [5, 5.41) is 0. The molecule has 1 fully saturated rings. The van der Waals surface area contributed by atoms with Crippen molar-refractivity contribution >= 4 is 15.9 Å². The van der Waals surface area contributed by atoms with E-state index in [1.807, 2.05) is 0 Å². The quantitative estimate of drug-likeness (QED) is 0.805. The van der Waals surface area contributed by atoms with Crippen LogP contribution in [0.1, 0.15) is 30.4 Å². The zero-order valence-corrected chi connectivity index (χ0v) is 11.9. The molecule has 0 bridgehead atoms. The molecule has 0 amide bonds. The Bertz CT molecular complexity index is 396. The molecule has 0 saturated carbocycles. The lowest BCUT2D eigenvalue weighted by atomic mass is 9.83. The van der Waals surface area contributed by atoms with Gasteiger partial charge in [-0.15, -0.1) is 0 Å². The molecule has 3 rings (SSSR count). The smallest absolute Gasteiger partial charge is 0.0210 e. The maximum absolute atomic E-state index is 3.68. The van der Waals surface area contributed by atoms with Crippen LogP contribution in [0.4, 0.5) is 0 Å². The third-order valence-corrected chi connectivity index (χ3v) is 4.99. The van der Waals surface area contributed by atoms with Crippen molar-refractivity contribution in [2.45, 2.75) is 32.1 Å². The lowest BCUT2D eigenvalue weighted by Crippen LogP contribution is -2.30. The molecule has 0 spiro atoms. The van der Waals surface area contributed by atoms with Gasteiger partial charge in [0.05, 0.1) is 0 Å². The lowest BCUT2D eigenvalue weighted by Gasteiger charge is -2.28. The van der Waals surface area contributed by atoms with Crippen LogP contribution in [-0.2, 0) is 12.8 Å². The van der Waals surface area contributed by atoms with Crippen LogP contribution in [0.25, 0.3) is 0 Å². The second-order valence-corrected chi connectivity index (χ2v) is 6.35. The van der Waals surface area contributed by atoms with Crippen LogP contribution in [0.3, 0.4) is 0 Å². The fourth-order valence-electron chi connectivity index (χ4n) is 3.32. The molecule has 1 aromatic carbocycles. The molecule has 1 aliphatic carbocycles. The highest BCUT2D eigenvalue weighted by molar-refractivity contribution is 9.10. The van der Waals surface area contributed by atoms with Crippen molar-refractivity contribution in [1.82, 2.24) is 4.90 Å². The average Bonchev–Trinajstić information content (AvgIpc) is 2.82. The standard InChI is InChI=1S/C15H20BrN/c16-15-5-3-4-13-10-12(6-7-14(13)15)11-17-8-1-2-9-17/h3-5,12H,1-2,6-11H2. The van der Waals surface area contributed by atoms with Crippen LogP contribution < -0.4 is 0 Å². The van der Waals surface area contributed by atoms with Crippen LogP contribution in [0.15, 0.2) is 22.7 Å². The minimum Gasteiger partial charge on any atom is -0.303 e. The number of nitrogens with zero attached hydrogens (tertiary/aromatic N) is 1. The van der Waals surface area contributed by atoms with Gasteiger partial charge in [0, 0.05) is 11.0 Å². The Morgan fingerprint density at radius 2 is 2.06 bits per heavy atom. The first kappa shape index (κ1) is 11.7. The molecule has 1 saturated heterocycles. The number of rotatable bonds is 2. The summed E-state index contributed by atoms with van der Waals surface area (Å²) >= 11 is 3.68. The molecule has 0 radical (unpaired) electrons. The molecule has 1 aromatic rings. The van der Waals surface area contributed by atoms with E-state index >= 15 is 0 Å². The van der Waals surface area contributed by atoms with E-state index in [1.54, 1.807) is 11.1 Å². The zero-order chi connectivity index (χ0) is 11.7. The summed E-state index contributed by atoms with van der Waals surface area (Å²) in [6, 6.07) is 6.68. The Hall–Kier alpha value is -0.340. The monoisotopic (exact) mass is 293 g/mol. The molecule has 2 aliphatic rings. The Morgan fingerprint density at radius 1 is 1.24 bits per heavy atom. The van der Waals surface area contributed by atoms with Crippen LogP contribution in [0.2, 0.25) is 0 Å². The average molecular weight is 294 g/mol. The summed E-state index contributed by atoms with van der Waals surface area (Å²) in [5.74, 6) is 0.884. The number of benzene rings is 1. The van der Waals surface area contributed by atoms with E-state index in [9.17, 15) is 0 Å². The van der Waals surface area contributed by atoms with Gasteiger partial charge in [0.2, 0.25) is 0 Å². The predicted molar refractivity (Wildman–Crippen MR) is 75.3 cm³/mol. The molecule has 1 nitrogen and oxygen atoms in total. The van der Waals surface area contributed by atoms with Crippen molar-refractivity contribution in [3.8, 4) is 0 Å². The van der Waals surface area contributed by atoms with Crippen LogP contribution >= 0.6 is 15.9 Å². The molecule has 1 heterocycles. The normalized spacial score (nSPS) is 24.9. The molecule has 0 N–H and O–H groups in total. The second-order valence-electron chi connectivity index (χ2n) is 5.49. The van der Waals surface area contributed by atoms with E-state index in [-0.39, 0.29) is 0 Å². The first-order chi connectivity index (χ1) is 8.33. The summed E-state index contributed by atoms with van der Waals surface area (Å²) < 4.78 is 1.31. The van der Waals surface area contributed by atoms with Crippen LogP contribution in [0.5, 0.6) is 0 Å². The Kier molecular flexibility index (Phi) is 3.53. The number of hydrogen-bond donors (Lipinski definition) is 0. The Labute approximate surface area is 112 Å². The van der Waals surface area contributed by atoms with Crippen LogP contribution in [-0.4, -0.2) is 24.5 Å². The maximum Gasteiger partial charge on any atom is 0.0210 e. The highest BCUT2D eigenvalue weighted by Gasteiger charge is 2.23. The molecule has 1 unspecified atom stereocenters. The lowest BCUT2D eigenvalue weighted by molar-refractivity contribution is 0.261. The summed E-state index contributed by atoms with van der Waals surface area (Å²) in [7, 11) is 0. The molecular weight excluding hydrogens is 274 g/mol. The molecule has 1 aliphatic heterocycles. The van der Waals surface area contributed by atoms with Crippen molar-refractivity contribution in [2.24, 2.45) is 5.92 Å². The minimum atomic E-state index is 0.884. The third-order valence-electron chi connectivity index (χ3n) is 4.24. The number of fused-ring (bicyclic) bond motifs is 1. The fraction of sp³-hybridized carbons (Fsp3) is 0.600. The molecule has 17 heavy (non-hydrogen) atoms. The van der Waals surface area contributed by atoms with E-state index in [0.717, 1.165) is 5.92 Å². The summed E-state index contributed by atoms with van der Waals surface area (Å²) in [6.45, 7) is 4.00. The van der Waals surface area contributed by atoms with Gasteiger partial charge in [-0.1, -0.05) is 28.1 Å². The van der Waals surface area contributed by atoms with Crippen molar-refractivity contribution in [3.05, 3.63) is 33.8 Å². The molecule has 0 aromatic heterocycles. The van der Waals surface area contributed by atoms with Crippen molar-refractivity contribution in [2.75, 3.05) is 19.6 Å². The third kappa shape index (κ3) is 2.58. The maximum atomic E-state index is 3.68. The van der Waals surface area contributed by atoms with Gasteiger partial charge < -0.3 is 4.90 Å². The largest absolute Gasteiger partial charge is 0.303 e. The SMILES string of the molecule is Brc1cccc2c1CCC(CN1CCCC1)C2. The topological polar surface area (TPSA) is 3.24 Å². The van der Waals surface area contributed by atoms with Gasteiger partial charge in [-0.25, -0.2) is 0 Å². The van der Waals surface area contributed by atoms with E-state index in [4.69, 9.17) is 0 Å². The van der Waals surface area contributed by atoms with Crippen molar-refractivity contribution < 1.29 is 0 Å². The second kappa shape index (κ2) is 5.11. The fourth-order valence-corrected chi connectivity index (χ4v) is 3.93. The van der Waals surface area contributed by atoms with Gasteiger partial charge in [0.1, 0.15) is 0 Å². The number of halogens is 1. The van der Waals surface area contributed by atoms with Crippen LogP contribution in [0, 0.1) is 5.92 Å². The molecule has 92 valence electrons. The number of likely N-dealkylation sites (tertiary alicyclic amines) is 1. The van der Waals surface area contributed by atoms with Gasteiger partial charge in [0.25, 0.3) is 0 Å². The molecule has 1 atom stereocenters. The highest BCUT2D eigenvalue weighted by Crippen LogP contribution is 2.31. The summed E-state index contributed by atoms with van der Waals surface area (Å²) in [5.41, 5.74) is 3.14. The predicted octanol–water partition coefficient (Wildman–Crippen LogP) is 3.65.